The summed E-state index contributed by atoms with van der Waals surface area (Å²) in [7, 11) is 0. The van der Waals surface area contributed by atoms with Crippen LogP contribution >= 0.6 is 0 Å². The fourth-order valence-corrected chi connectivity index (χ4v) is 2.52. The lowest BCUT2D eigenvalue weighted by Crippen LogP contribution is -2.42. The van der Waals surface area contributed by atoms with Crippen LogP contribution in [0.1, 0.15) is 32.3 Å². The number of amides is 2. The summed E-state index contributed by atoms with van der Waals surface area (Å²) < 4.78 is 0. The van der Waals surface area contributed by atoms with E-state index in [1.54, 1.807) is 13.8 Å². The highest BCUT2D eigenvalue weighted by Crippen LogP contribution is 2.37. The molecule has 0 N–H and O–H groups in total. The average molecular weight is 256 g/mol. The molecule has 1 saturated heterocycles. The van der Waals surface area contributed by atoms with E-state index >= 15 is 0 Å². The number of nitrogens with zero attached hydrogens (tertiary/aromatic N) is 2. The van der Waals surface area contributed by atoms with Gasteiger partial charge in [0.15, 0.2) is 0 Å². The molecule has 2 amide bonds. The predicted molar refractivity (Wildman–Crippen MR) is 70.0 cm³/mol. The Morgan fingerprint density at radius 1 is 1.37 bits per heavy atom. The van der Waals surface area contributed by atoms with Crippen LogP contribution in [0.2, 0.25) is 0 Å². The second-order valence-corrected chi connectivity index (χ2v) is 5.00. The quantitative estimate of drug-likeness (QED) is 0.777. The van der Waals surface area contributed by atoms with Crippen molar-refractivity contribution in [3.05, 3.63) is 35.9 Å². The van der Waals surface area contributed by atoms with Gasteiger partial charge in [0, 0.05) is 6.42 Å². The Morgan fingerprint density at radius 2 is 2.00 bits per heavy atom. The van der Waals surface area contributed by atoms with Gasteiger partial charge < -0.3 is 0 Å². The van der Waals surface area contributed by atoms with Crippen molar-refractivity contribution in [3.8, 4) is 6.07 Å². The van der Waals surface area contributed by atoms with Crippen LogP contribution in [0.5, 0.6) is 0 Å². The van der Waals surface area contributed by atoms with Gasteiger partial charge in [-0.25, -0.2) is 0 Å². The molecule has 1 fully saturated rings. The Kier molecular flexibility index (Phi) is 3.39. The fraction of sp³-hybridized carbons (Fsp3) is 0.400. The number of likely N-dealkylation sites (tertiary alicyclic amines) is 1. The van der Waals surface area contributed by atoms with E-state index in [9.17, 15) is 9.59 Å². The third kappa shape index (κ3) is 2.01. The highest BCUT2D eigenvalue weighted by molar-refractivity contribution is 6.09. The van der Waals surface area contributed by atoms with Crippen molar-refractivity contribution in [1.82, 2.24) is 4.90 Å². The van der Waals surface area contributed by atoms with Gasteiger partial charge in [-0.3, -0.25) is 14.5 Å². The minimum Gasteiger partial charge on any atom is -0.274 e. The summed E-state index contributed by atoms with van der Waals surface area (Å²) in [5.74, 6) is -0.526. The van der Waals surface area contributed by atoms with E-state index in [0.717, 1.165) is 10.5 Å². The lowest BCUT2D eigenvalue weighted by molar-refractivity contribution is -0.141. The smallest absolute Gasteiger partial charge is 0.241 e. The van der Waals surface area contributed by atoms with E-state index in [1.165, 1.54) is 0 Å². The van der Waals surface area contributed by atoms with Gasteiger partial charge in [-0.1, -0.05) is 37.3 Å². The zero-order valence-electron chi connectivity index (χ0n) is 11.1. The molecule has 0 bridgehead atoms. The molecule has 2 rings (SSSR count). The van der Waals surface area contributed by atoms with Crippen LogP contribution in [0.25, 0.3) is 0 Å². The maximum atomic E-state index is 12.6. The standard InChI is InChI=1S/C15H16N2O2/c1-3-12(10-16)17-13(18)9-15(2,14(17)19)11-7-5-4-6-8-11/h4-8,12H,3,9H2,1-2H3. The summed E-state index contributed by atoms with van der Waals surface area (Å²) in [5, 5.41) is 9.07. The SMILES string of the molecule is CCC(C#N)N1C(=O)CC(C)(c2ccccc2)C1=O. The largest absolute Gasteiger partial charge is 0.274 e. The van der Waals surface area contributed by atoms with Crippen LogP contribution in [0, 0.1) is 11.3 Å². The molecule has 19 heavy (non-hydrogen) atoms. The molecule has 0 aromatic heterocycles. The van der Waals surface area contributed by atoms with Gasteiger partial charge in [0.25, 0.3) is 0 Å². The Balaban J connectivity index is 2.40. The van der Waals surface area contributed by atoms with E-state index < -0.39 is 11.5 Å². The van der Waals surface area contributed by atoms with Gasteiger partial charge in [0.1, 0.15) is 6.04 Å². The number of imide groups is 1. The zero-order valence-corrected chi connectivity index (χ0v) is 11.1. The van der Waals surface area contributed by atoms with Gasteiger partial charge in [0.05, 0.1) is 11.5 Å². The van der Waals surface area contributed by atoms with Crippen molar-refractivity contribution >= 4 is 11.8 Å². The molecule has 2 unspecified atom stereocenters. The van der Waals surface area contributed by atoms with Gasteiger partial charge >= 0.3 is 0 Å². The van der Waals surface area contributed by atoms with Crippen molar-refractivity contribution in [1.29, 1.82) is 5.26 Å². The van der Waals surface area contributed by atoms with Crippen molar-refractivity contribution < 1.29 is 9.59 Å². The number of benzene rings is 1. The van der Waals surface area contributed by atoms with Gasteiger partial charge in [-0.05, 0) is 18.9 Å². The number of nitriles is 1. The third-order valence-corrected chi connectivity index (χ3v) is 3.72. The summed E-state index contributed by atoms with van der Waals surface area (Å²) in [4.78, 5) is 25.8. The van der Waals surface area contributed by atoms with Crippen molar-refractivity contribution in [2.24, 2.45) is 0 Å². The fourth-order valence-electron chi connectivity index (χ4n) is 2.52. The van der Waals surface area contributed by atoms with E-state index in [0.29, 0.717) is 6.42 Å². The summed E-state index contributed by atoms with van der Waals surface area (Å²) in [6.45, 7) is 3.57. The first kappa shape index (κ1) is 13.3. The highest BCUT2D eigenvalue weighted by atomic mass is 16.2. The Labute approximate surface area is 112 Å². The Morgan fingerprint density at radius 3 is 2.53 bits per heavy atom. The van der Waals surface area contributed by atoms with Crippen LogP contribution in [-0.4, -0.2) is 22.8 Å². The summed E-state index contributed by atoms with van der Waals surface area (Å²) in [6.07, 6.45) is 0.590. The molecule has 4 heteroatoms. The first-order chi connectivity index (χ1) is 9.04. The zero-order chi connectivity index (χ0) is 14.0. The van der Waals surface area contributed by atoms with E-state index in [4.69, 9.17) is 5.26 Å². The minimum absolute atomic E-state index is 0.133. The molecular weight excluding hydrogens is 240 g/mol. The van der Waals surface area contributed by atoms with E-state index in [-0.39, 0.29) is 18.2 Å². The second-order valence-electron chi connectivity index (χ2n) is 5.00. The maximum Gasteiger partial charge on any atom is 0.241 e. The molecule has 4 nitrogen and oxygen atoms in total. The van der Waals surface area contributed by atoms with Gasteiger partial charge in [-0.2, -0.15) is 5.26 Å². The summed E-state index contributed by atoms with van der Waals surface area (Å²) in [6, 6.07) is 10.6. The molecular formula is C15H16N2O2. The highest BCUT2D eigenvalue weighted by Gasteiger charge is 2.51. The van der Waals surface area contributed by atoms with E-state index in [2.05, 4.69) is 0 Å². The molecule has 0 aliphatic carbocycles. The second kappa shape index (κ2) is 4.85. The topological polar surface area (TPSA) is 61.2 Å². The number of hydrogen-bond acceptors (Lipinski definition) is 3. The van der Waals surface area contributed by atoms with Crippen molar-refractivity contribution in [3.63, 3.8) is 0 Å². The lowest BCUT2D eigenvalue weighted by atomic mass is 9.81. The molecule has 0 radical (unpaired) electrons. The molecule has 1 aliphatic rings. The summed E-state index contributed by atoms with van der Waals surface area (Å²) >= 11 is 0. The van der Waals surface area contributed by atoms with Crippen LogP contribution in [-0.2, 0) is 15.0 Å². The number of carbonyl (C=O) groups excluding carboxylic acids is 2. The first-order valence-electron chi connectivity index (χ1n) is 6.36. The van der Waals surface area contributed by atoms with Crippen molar-refractivity contribution in [2.45, 2.75) is 38.1 Å². The molecule has 1 aromatic carbocycles. The lowest BCUT2D eigenvalue weighted by Gasteiger charge is -2.24. The monoisotopic (exact) mass is 256 g/mol. The van der Waals surface area contributed by atoms with Crippen LogP contribution in [0.4, 0.5) is 0 Å². The molecule has 2 atom stereocenters. The van der Waals surface area contributed by atoms with E-state index in [1.807, 2.05) is 36.4 Å². The number of carbonyl (C=O) groups is 2. The first-order valence-corrected chi connectivity index (χ1v) is 6.36. The summed E-state index contributed by atoms with van der Waals surface area (Å²) in [5.41, 5.74) is -0.0218. The average Bonchev–Trinajstić information content (AvgIpc) is 2.66. The van der Waals surface area contributed by atoms with Gasteiger partial charge in [0.2, 0.25) is 11.8 Å². The van der Waals surface area contributed by atoms with Crippen molar-refractivity contribution in [2.75, 3.05) is 0 Å². The van der Waals surface area contributed by atoms with Crippen LogP contribution in [0.3, 0.4) is 0 Å². The molecule has 0 saturated carbocycles. The maximum absolute atomic E-state index is 12.6. The predicted octanol–water partition coefficient (Wildman–Crippen LogP) is 2.01. The number of rotatable bonds is 3. The molecule has 0 spiro atoms. The Bertz CT molecular complexity index is 547. The third-order valence-electron chi connectivity index (χ3n) is 3.72. The number of hydrogen-bond donors (Lipinski definition) is 0. The van der Waals surface area contributed by atoms with Gasteiger partial charge in [-0.15, -0.1) is 0 Å². The Hall–Kier alpha value is -2.15. The minimum atomic E-state index is -0.845. The normalized spacial score (nSPS) is 24.4. The van der Waals surface area contributed by atoms with Crippen LogP contribution in [0.15, 0.2) is 30.3 Å². The molecule has 1 aliphatic heterocycles. The molecule has 1 heterocycles. The molecule has 98 valence electrons. The van der Waals surface area contributed by atoms with Crippen LogP contribution < -0.4 is 0 Å². The molecule has 1 aromatic rings.